The Balaban J connectivity index is 2.62. The lowest BCUT2D eigenvalue weighted by molar-refractivity contribution is -0.105. The van der Waals surface area contributed by atoms with Crippen LogP contribution in [0.15, 0.2) is 29.2 Å². The summed E-state index contributed by atoms with van der Waals surface area (Å²) in [6.45, 7) is 5.05. The van der Waals surface area contributed by atoms with Crippen LogP contribution in [0.5, 0.6) is 0 Å². The van der Waals surface area contributed by atoms with E-state index in [1.807, 2.05) is 12.1 Å². The summed E-state index contributed by atoms with van der Waals surface area (Å²) >= 11 is 0.833. The van der Waals surface area contributed by atoms with E-state index >= 15 is 0 Å². The molecule has 0 aliphatic rings. The number of anilines is 1. The number of thioether (sulfide) groups is 1. The fourth-order valence-electron chi connectivity index (χ4n) is 1.73. The van der Waals surface area contributed by atoms with E-state index in [1.165, 1.54) is 0 Å². The van der Waals surface area contributed by atoms with Gasteiger partial charge in [-0.2, -0.15) is 13.2 Å². The molecule has 0 atom stereocenters. The molecule has 0 aliphatic carbocycles. The smallest absolute Gasteiger partial charge is 0.384 e. The molecule has 0 spiro atoms. The molecule has 0 aliphatic heterocycles. The lowest BCUT2D eigenvalue weighted by Crippen LogP contribution is -2.14. The molecule has 0 saturated carbocycles. The molecule has 0 bridgehead atoms. The SMILES string of the molecule is CCC(CC)CNc1ccccc1SCC(F)(F)F. The topological polar surface area (TPSA) is 12.0 Å². The van der Waals surface area contributed by atoms with Gasteiger partial charge in [-0.1, -0.05) is 38.8 Å². The van der Waals surface area contributed by atoms with E-state index in [9.17, 15) is 13.2 Å². The predicted molar refractivity (Wildman–Crippen MR) is 75.8 cm³/mol. The third kappa shape index (κ3) is 6.23. The third-order valence-electron chi connectivity index (χ3n) is 3.01. The number of hydrogen-bond donors (Lipinski definition) is 1. The lowest BCUT2D eigenvalue weighted by atomic mass is 10.0. The Bertz CT molecular complexity index is 375. The van der Waals surface area contributed by atoms with Crippen molar-refractivity contribution in [3.63, 3.8) is 0 Å². The van der Waals surface area contributed by atoms with Crippen LogP contribution in [0.4, 0.5) is 18.9 Å². The van der Waals surface area contributed by atoms with Gasteiger partial charge in [-0.15, -0.1) is 11.8 Å². The van der Waals surface area contributed by atoms with E-state index in [4.69, 9.17) is 0 Å². The second kappa shape index (κ2) is 7.68. The molecule has 1 nitrogen and oxygen atoms in total. The molecule has 19 heavy (non-hydrogen) atoms. The summed E-state index contributed by atoms with van der Waals surface area (Å²) in [5, 5.41) is 3.26. The molecule has 0 aromatic heterocycles. The van der Waals surface area contributed by atoms with Gasteiger partial charge in [-0.05, 0) is 18.1 Å². The highest BCUT2D eigenvalue weighted by molar-refractivity contribution is 7.99. The molecule has 0 heterocycles. The average molecular weight is 291 g/mol. The van der Waals surface area contributed by atoms with Crippen molar-refractivity contribution in [3.8, 4) is 0 Å². The van der Waals surface area contributed by atoms with Crippen molar-refractivity contribution in [2.24, 2.45) is 5.92 Å². The van der Waals surface area contributed by atoms with Gasteiger partial charge in [0.1, 0.15) is 0 Å². The molecule has 0 fully saturated rings. The first-order valence-corrected chi connectivity index (χ1v) is 7.47. The highest BCUT2D eigenvalue weighted by Gasteiger charge is 2.27. The molecule has 0 amide bonds. The Morgan fingerprint density at radius 2 is 1.79 bits per heavy atom. The molecule has 1 aromatic rings. The van der Waals surface area contributed by atoms with E-state index in [1.54, 1.807) is 12.1 Å². The zero-order valence-corrected chi connectivity index (χ0v) is 12.1. The highest BCUT2D eigenvalue weighted by atomic mass is 32.2. The second-order valence-electron chi connectivity index (χ2n) is 4.46. The summed E-state index contributed by atoms with van der Waals surface area (Å²) in [4.78, 5) is 0.658. The number of rotatable bonds is 7. The molecule has 1 N–H and O–H groups in total. The van der Waals surface area contributed by atoms with Crippen LogP contribution in [0.1, 0.15) is 26.7 Å². The lowest BCUT2D eigenvalue weighted by Gasteiger charge is -2.17. The number of benzene rings is 1. The molecule has 0 saturated heterocycles. The molecular formula is C14H20F3NS. The molecule has 108 valence electrons. The second-order valence-corrected chi connectivity index (χ2v) is 5.48. The first-order chi connectivity index (χ1) is 8.96. The Hall–Kier alpha value is -0.840. The summed E-state index contributed by atoms with van der Waals surface area (Å²) < 4.78 is 36.8. The van der Waals surface area contributed by atoms with Crippen LogP contribution < -0.4 is 5.32 Å². The van der Waals surface area contributed by atoms with Crippen LogP contribution >= 0.6 is 11.8 Å². The minimum atomic E-state index is -4.13. The van der Waals surface area contributed by atoms with Crippen molar-refractivity contribution in [1.29, 1.82) is 0 Å². The monoisotopic (exact) mass is 291 g/mol. The fourth-order valence-corrected chi connectivity index (χ4v) is 2.52. The maximum atomic E-state index is 12.3. The van der Waals surface area contributed by atoms with Crippen molar-refractivity contribution in [1.82, 2.24) is 0 Å². The standard InChI is InChI=1S/C14H20F3NS/c1-3-11(4-2)9-18-12-7-5-6-8-13(12)19-10-14(15,16)17/h5-8,11,18H,3-4,9-10H2,1-2H3. The number of para-hydroxylation sites is 1. The van der Waals surface area contributed by atoms with E-state index < -0.39 is 11.9 Å². The van der Waals surface area contributed by atoms with E-state index in [-0.39, 0.29) is 0 Å². The van der Waals surface area contributed by atoms with Gasteiger partial charge in [-0.3, -0.25) is 0 Å². The summed E-state index contributed by atoms with van der Waals surface area (Å²) in [6, 6.07) is 7.17. The predicted octanol–water partition coefficient (Wildman–Crippen LogP) is 5.19. The molecule has 0 radical (unpaired) electrons. The van der Waals surface area contributed by atoms with Gasteiger partial charge in [0.15, 0.2) is 0 Å². The summed E-state index contributed by atoms with van der Waals surface area (Å²) in [5.74, 6) is -0.294. The summed E-state index contributed by atoms with van der Waals surface area (Å²) in [7, 11) is 0. The third-order valence-corrected chi connectivity index (χ3v) is 4.15. The van der Waals surface area contributed by atoms with Crippen molar-refractivity contribution in [2.45, 2.75) is 37.8 Å². The maximum absolute atomic E-state index is 12.3. The molecule has 5 heteroatoms. The first-order valence-electron chi connectivity index (χ1n) is 6.48. The van der Waals surface area contributed by atoms with Crippen LogP contribution in [-0.2, 0) is 0 Å². The Morgan fingerprint density at radius 3 is 2.37 bits per heavy atom. The molecule has 0 unspecified atom stereocenters. The fraction of sp³-hybridized carbons (Fsp3) is 0.571. The minimum absolute atomic E-state index is 0.556. The van der Waals surface area contributed by atoms with Gasteiger partial charge < -0.3 is 5.32 Å². The zero-order valence-electron chi connectivity index (χ0n) is 11.3. The van der Waals surface area contributed by atoms with Gasteiger partial charge in [0.2, 0.25) is 0 Å². The van der Waals surface area contributed by atoms with Crippen LogP contribution in [0, 0.1) is 5.92 Å². The van der Waals surface area contributed by atoms with Crippen LogP contribution in [0.2, 0.25) is 0 Å². The molecular weight excluding hydrogens is 271 g/mol. The number of hydrogen-bond acceptors (Lipinski definition) is 2. The van der Waals surface area contributed by atoms with Gasteiger partial charge >= 0.3 is 6.18 Å². The van der Waals surface area contributed by atoms with Gasteiger partial charge in [0, 0.05) is 17.1 Å². The zero-order chi connectivity index (χ0) is 14.3. The van der Waals surface area contributed by atoms with Gasteiger partial charge in [0.05, 0.1) is 5.75 Å². The Labute approximate surface area is 117 Å². The first kappa shape index (κ1) is 16.2. The number of halogens is 3. The largest absolute Gasteiger partial charge is 0.398 e. The summed E-state index contributed by atoms with van der Waals surface area (Å²) in [6.07, 6.45) is -1.99. The number of nitrogens with one attached hydrogen (secondary N) is 1. The minimum Gasteiger partial charge on any atom is -0.384 e. The average Bonchev–Trinajstić information content (AvgIpc) is 2.38. The quantitative estimate of drug-likeness (QED) is 0.694. The summed E-state index contributed by atoms with van der Waals surface area (Å²) in [5.41, 5.74) is 0.795. The Morgan fingerprint density at radius 1 is 1.16 bits per heavy atom. The van der Waals surface area contributed by atoms with Crippen LogP contribution in [0.3, 0.4) is 0 Å². The van der Waals surface area contributed by atoms with Crippen molar-refractivity contribution in [3.05, 3.63) is 24.3 Å². The highest BCUT2D eigenvalue weighted by Crippen LogP contribution is 2.32. The van der Waals surface area contributed by atoms with Gasteiger partial charge in [-0.25, -0.2) is 0 Å². The van der Waals surface area contributed by atoms with Crippen LogP contribution in [0.25, 0.3) is 0 Å². The van der Waals surface area contributed by atoms with E-state index in [0.29, 0.717) is 10.8 Å². The van der Waals surface area contributed by atoms with Crippen LogP contribution in [-0.4, -0.2) is 18.5 Å². The van der Waals surface area contributed by atoms with E-state index in [0.717, 1.165) is 36.8 Å². The van der Waals surface area contributed by atoms with Crippen molar-refractivity contribution >= 4 is 17.4 Å². The van der Waals surface area contributed by atoms with Crippen molar-refractivity contribution < 1.29 is 13.2 Å². The molecule has 1 rings (SSSR count). The molecule has 1 aromatic carbocycles. The van der Waals surface area contributed by atoms with Gasteiger partial charge in [0.25, 0.3) is 0 Å². The number of alkyl halides is 3. The van der Waals surface area contributed by atoms with E-state index in [2.05, 4.69) is 19.2 Å². The normalized spacial score (nSPS) is 11.9. The van der Waals surface area contributed by atoms with Crippen molar-refractivity contribution in [2.75, 3.05) is 17.6 Å². The Kier molecular flexibility index (Phi) is 6.55. The maximum Gasteiger partial charge on any atom is 0.398 e.